The minimum absolute atomic E-state index is 0. The highest BCUT2D eigenvalue weighted by Crippen LogP contribution is 2.00. The average Bonchev–Trinajstić information content (AvgIpc) is 1.14. The Hall–Kier alpha value is 0.490. The molecule has 1 unspecified atom stereocenters. The average molecular weight is 223 g/mol. The minimum Gasteiger partial charge on any atom is -0.325 e. The fourth-order valence-electron chi connectivity index (χ4n) is 0.710. The van der Waals surface area contributed by atoms with Crippen molar-refractivity contribution in [3.8, 4) is 0 Å². The van der Waals surface area contributed by atoms with E-state index in [0.29, 0.717) is 0 Å². The molecule has 3 N–H and O–H groups in total. The van der Waals surface area contributed by atoms with Gasteiger partial charge in [0, 0.05) is 27.3 Å². The molecule has 0 rings (SSSR count). The van der Waals surface area contributed by atoms with Crippen molar-refractivity contribution in [3.05, 3.63) is 0 Å². The summed E-state index contributed by atoms with van der Waals surface area (Å²) >= 11 is 0. The molecule has 0 fully saturated rings. The molecule has 0 radical (unpaired) electrons. The van der Waals surface area contributed by atoms with E-state index in [2.05, 4.69) is 0 Å². The van der Waals surface area contributed by atoms with E-state index in [1.807, 2.05) is 0 Å². The molecule has 3 nitrogen and oxygen atoms in total. The summed E-state index contributed by atoms with van der Waals surface area (Å²) in [6.07, 6.45) is 1.40. The first-order valence-electron chi connectivity index (χ1n) is 2.71. The molecule has 6 heteroatoms. The van der Waals surface area contributed by atoms with Gasteiger partial charge in [-0.2, -0.15) is 0 Å². The molecule has 0 saturated carbocycles. The van der Waals surface area contributed by atoms with E-state index in [1.165, 1.54) is 6.26 Å². The van der Waals surface area contributed by atoms with E-state index in [1.54, 1.807) is 13.8 Å². The van der Waals surface area contributed by atoms with Crippen LogP contribution in [0.3, 0.4) is 0 Å². The quantitative estimate of drug-likeness (QED) is 0.739. The first-order valence-corrected chi connectivity index (χ1v) is 4.85. The van der Waals surface area contributed by atoms with Gasteiger partial charge in [0.25, 0.3) is 0 Å². The van der Waals surface area contributed by atoms with Gasteiger partial charge >= 0.3 is 0 Å². The van der Waals surface area contributed by atoms with Gasteiger partial charge in [-0.3, -0.25) is 8.99 Å². The summed E-state index contributed by atoms with van der Waals surface area (Å²) in [7, 11) is -2.41. The van der Waals surface area contributed by atoms with Crippen LogP contribution in [-0.4, -0.2) is 21.8 Å². The normalized spacial score (nSPS) is 15.6. The molecule has 0 heterocycles. The number of hydrogen-bond acceptors (Lipinski definition) is 3. The lowest BCUT2D eigenvalue weighted by Gasteiger charge is -2.17. The highest BCUT2D eigenvalue weighted by molar-refractivity contribution is 7.91. The van der Waals surface area contributed by atoms with Crippen LogP contribution in [-0.2, 0) is 9.73 Å². The monoisotopic (exact) mass is 222 g/mol. The summed E-state index contributed by atoms with van der Waals surface area (Å²) in [5, 5.41) is 0. The highest BCUT2D eigenvalue weighted by Gasteiger charge is 2.14. The predicted molar refractivity (Wildman–Crippen MR) is 54.4 cm³/mol. The summed E-state index contributed by atoms with van der Waals surface area (Å²) in [6.45, 7) is 3.54. The lowest BCUT2D eigenvalue weighted by molar-refractivity contribution is 0.575. The van der Waals surface area contributed by atoms with Gasteiger partial charge in [-0.1, -0.05) is 0 Å². The van der Waals surface area contributed by atoms with Crippen molar-refractivity contribution in [2.45, 2.75) is 19.4 Å². The van der Waals surface area contributed by atoms with Gasteiger partial charge in [0.1, 0.15) is 0 Å². The summed E-state index contributed by atoms with van der Waals surface area (Å²) in [5.74, 6) is 0.264. The predicted octanol–water partition coefficient (Wildman–Crippen LogP) is 1.24. The molecule has 0 aromatic heterocycles. The second-order valence-electron chi connectivity index (χ2n) is 3.14. The van der Waals surface area contributed by atoms with Crippen molar-refractivity contribution in [1.29, 1.82) is 4.78 Å². The first kappa shape index (κ1) is 17.5. The van der Waals surface area contributed by atoms with Crippen molar-refractivity contribution < 1.29 is 4.21 Å². The summed E-state index contributed by atoms with van der Waals surface area (Å²) in [5.41, 5.74) is 5.04. The van der Waals surface area contributed by atoms with E-state index in [0.717, 1.165) is 0 Å². The van der Waals surface area contributed by atoms with Crippen molar-refractivity contribution in [1.82, 2.24) is 0 Å². The zero-order valence-electron chi connectivity index (χ0n) is 6.92. The van der Waals surface area contributed by atoms with E-state index in [4.69, 9.17) is 10.5 Å². The maximum absolute atomic E-state index is 10.8. The standard InChI is InChI=1S/C5H14N2OS.2ClH/c1-5(2,6)4-9(3,7)8;;/h7H,4,6H2,1-3H3;2*1H. The van der Waals surface area contributed by atoms with Gasteiger partial charge in [-0.15, -0.1) is 24.8 Å². The van der Waals surface area contributed by atoms with Crippen LogP contribution in [0.5, 0.6) is 0 Å². The summed E-state index contributed by atoms with van der Waals surface area (Å²) in [4.78, 5) is 0. The zero-order valence-corrected chi connectivity index (χ0v) is 9.37. The van der Waals surface area contributed by atoms with Crippen molar-refractivity contribution >= 4 is 34.5 Å². The van der Waals surface area contributed by atoms with E-state index in [9.17, 15) is 4.21 Å². The van der Waals surface area contributed by atoms with Gasteiger partial charge < -0.3 is 5.73 Å². The van der Waals surface area contributed by atoms with E-state index >= 15 is 0 Å². The fourth-order valence-corrected chi connectivity index (χ4v) is 2.13. The maximum atomic E-state index is 10.8. The lowest BCUT2D eigenvalue weighted by atomic mass is 10.1. The van der Waals surface area contributed by atoms with Crippen LogP contribution in [0.2, 0.25) is 0 Å². The Balaban J connectivity index is -0.000000320. The second-order valence-corrected chi connectivity index (χ2v) is 5.44. The molecule has 0 aliphatic carbocycles. The molecule has 0 aromatic carbocycles. The fraction of sp³-hybridized carbons (Fsp3) is 1.00. The van der Waals surface area contributed by atoms with Gasteiger partial charge in [0.2, 0.25) is 0 Å². The summed E-state index contributed by atoms with van der Waals surface area (Å²) in [6, 6.07) is 0. The third-order valence-corrected chi connectivity index (χ3v) is 1.94. The molecule has 0 saturated heterocycles. The number of nitrogens with one attached hydrogen (secondary N) is 1. The molecule has 0 aliphatic heterocycles. The Morgan fingerprint density at radius 1 is 1.45 bits per heavy atom. The van der Waals surface area contributed by atoms with Crippen LogP contribution in [0.15, 0.2) is 0 Å². The Morgan fingerprint density at radius 2 is 1.73 bits per heavy atom. The first-order chi connectivity index (χ1) is 3.71. The molecule has 0 aromatic rings. The lowest BCUT2D eigenvalue weighted by Crippen LogP contribution is -2.39. The molecule has 0 bridgehead atoms. The topological polar surface area (TPSA) is 66.9 Å². The largest absolute Gasteiger partial charge is 0.325 e. The second kappa shape index (κ2) is 5.19. The van der Waals surface area contributed by atoms with Crippen LogP contribution in [0.1, 0.15) is 13.8 Å². The maximum Gasteiger partial charge on any atom is 0.0487 e. The third kappa shape index (κ3) is 18.0. The number of hydrogen-bond donors (Lipinski definition) is 2. The molecular weight excluding hydrogens is 207 g/mol. The summed E-state index contributed by atoms with van der Waals surface area (Å²) < 4.78 is 17.8. The number of halogens is 2. The molecular formula is C5H16Cl2N2OS. The molecule has 1 atom stereocenters. The van der Waals surface area contributed by atoms with Crippen LogP contribution < -0.4 is 5.73 Å². The van der Waals surface area contributed by atoms with Gasteiger partial charge in [0.15, 0.2) is 0 Å². The molecule has 0 amide bonds. The Kier molecular flexibility index (Phi) is 8.28. The highest BCUT2D eigenvalue weighted by atomic mass is 35.5. The Bertz CT molecular complexity index is 183. The van der Waals surface area contributed by atoms with Crippen molar-refractivity contribution in [2.75, 3.05) is 12.0 Å². The van der Waals surface area contributed by atoms with Gasteiger partial charge in [-0.05, 0) is 13.8 Å². The molecule has 11 heavy (non-hydrogen) atoms. The SMILES string of the molecule is CC(C)(N)CS(C)(=N)=O.Cl.Cl. The van der Waals surface area contributed by atoms with E-state index < -0.39 is 15.3 Å². The smallest absolute Gasteiger partial charge is 0.0487 e. The van der Waals surface area contributed by atoms with Crippen molar-refractivity contribution in [2.24, 2.45) is 5.73 Å². The molecule has 72 valence electrons. The minimum atomic E-state index is -2.41. The van der Waals surface area contributed by atoms with Crippen LogP contribution in [0, 0.1) is 4.78 Å². The number of rotatable bonds is 2. The Labute approximate surface area is 80.9 Å². The zero-order chi connectivity index (χ0) is 7.71. The van der Waals surface area contributed by atoms with Crippen LogP contribution in [0.25, 0.3) is 0 Å². The molecule has 0 spiro atoms. The molecule has 0 aliphatic rings. The van der Waals surface area contributed by atoms with Crippen LogP contribution in [0.4, 0.5) is 0 Å². The van der Waals surface area contributed by atoms with E-state index in [-0.39, 0.29) is 30.6 Å². The van der Waals surface area contributed by atoms with Crippen LogP contribution >= 0.6 is 24.8 Å². The Morgan fingerprint density at radius 3 is 1.73 bits per heavy atom. The third-order valence-electron chi connectivity index (χ3n) is 0.647. The van der Waals surface area contributed by atoms with Crippen molar-refractivity contribution in [3.63, 3.8) is 0 Å². The van der Waals surface area contributed by atoms with Gasteiger partial charge in [0.05, 0.1) is 0 Å². The number of nitrogens with two attached hydrogens (primary N) is 1. The van der Waals surface area contributed by atoms with Gasteiger partial charge in [-0.25, -0.2) is 0 Å².